The zero-order chi connectivity index (χ0) is 14.1. The molecule has 0 spiro atoms. The minimum atomic E-state index is -0.760. The Kier molecular flexibility index (Phi) is 3.24. The lowest BCUT2D eigenvalue weighted by atomic mass is 10.2. The molecule has 5 heteroatoms. The summed E-state index contributed by atoms with van der Waals surface area (Å²) >= 11 is 5.88. The maximum absolute atomic E-state index is 13.6. The summed E-state index contributed by atoms with van der Waals surface area (Å²) in [4.78, 5) is 4.14. The zero-order valence-electron chi connectivity index (χ0n) is 10.1. The topological polar surface area (TPSA) is 22.1 Å². The van der Waals surface area contributed by atoms with Crippen LogP contribution in [0.4, 0.5) is 8.78 Å². The van der Waals surface area contributed by atoms with Crippen molar-refractivity contribution in [3.63, 3.8) is 0 Å². The van der Waals surface area contributed by atoms with Crippen molar-refractivity contribution in [2.75, 3.05) is 0 Å². The van der Waals surface area contributed by atoms with Crippen LogP contribution in [0.2, 0.25) is 5.02 Å². The molecule has 100 valence electrons. The Bertz CT molecular complexity index is 772. The monoisotopic (exact) mass is 291 g/mol. The number of pyridine rings is 1. The van der Waals surface area contributed by atoms with E-state index in [0.717, 1.165) is 12.1 Å². The second-order valence-electron chi connectivity index (χ2n) is 4.12. The van der Waals surface area contributed by atoms with Crippen LogP contribution in [-0.2, 0) is 0 Å². The highest BCUT2D eigenvalue weighted by atomic mass is 35.5. The predicted octanol–water partition coefficient (Wildman–Crippen LogP) is 4.96. The molecule has 2 aromatic carbocycles. The first-order valence-corrected chi connectivity index (χ1v) is 6.19. The molecular weight excluding hydrogens is 284 g/mol. The first kappa shape index (κ1) is 12.8. The quantitative estimate of drug-likeness (QED) is 0.666. The van der Waals surface area contributed by atoms with Crippen LogP contribution >= 0.6 is 11.6 Å². The van der Waals surface area contributed by atoms with Gasteiger partial charge in [-0.15, -0.1) is 0 Å². The van der Waals surface area contributed by atoms with E-state index in [1.807, 2.05) is 0 Å². The van der Waals surface area contributed by atoms with Gasteiger partial charge in [0.25, 0.3) is 0 Å². The van der Waals surface area contributed by atoms with Crippen molar-refractivity contribution in [3.05, 3.63) is 65.3 Å². The van der Waals surface area contributed by atoms with Crippen LogP contribution in [0.3, 0.4) is 0 Å². The van der Waals surface area contributed by atoms with E-state index in [0.29, 0.717) is 21.7 Å². The van der Waals surface area contributed by atoms with E-state index in [4.69, 9.17) is 16.3 Å². The fraction of sp³-hybridized carbons (Fsp3) is 0. The van der Waals surface area contributed by atoms with Gasteiger partial charge in [-0.25, -0.2) is 8.78 Å². The van der Waals surface area contributed by atoms with Crippen molar-refractivity contribution < 1.29 is 13.5 Å². The highest BCUT2D eigenvalue weighted by Gasteiger charge is 2.12. The molecule has 1 aromatic heterocycles. The summed E-state index contributed by atoms with van der Waals surface area (Å²) < 4.78 is 32.6. The Labute approximate surface area is 118 Å². The first-order valence-electron chi connectivity index (χ1n) is 5.81. The van der Waals surface area contributed by atoms with E-state index < -0.39 is 17.4 Å². The highest BCUT2D eigenvalue weighted by molar-refractivity contribution is 6.31. The van der Waals surface area contributed by atoms with Crippen LogP contribution in [0.25, 0.3) is 10.9 Å². The molecule has 0 aliphatic carbocycles. The number of ether oxygens (including phenoxy) is 1. The van der Waals surface area contributed by atoms with Crippen molar-refractivity contribution >= 4 is 22.5 Å². The van der Waals surface area contributed by atoms with Crippen molar-refractivity contribution in [1.29, 1.82) is 0 Å². The van der Waals surface area contributed by atoms with Crippen molar-refractivity contribution in [1.82, 2.24) is 4.98 Å². The number of hydrogen-bond donors (Lipinski definition) is 0. The first-order chi connectivity index (χ1) is 9.65. The molecule has 0 saturated carbocycles. The molecule has 0 atom stereocenters. The van der Waals surface area contributed by atoms with Crippen LogP contribution in [0, 0.1) is 11.6 Å². The third-order valence-corrected chi connectivity index (χ3v) is 3.03. The van der Waals surface area contributed by atoms with E-state index in [1.165, 1.54) is 12.3 Å². The second-order valence-corrected chi connectivity index (χ2v) is 4.56. The van der Waals surface area contributed by atoms with Gasteiger partial charge in [-0.1, -0.05) is 17.7 Å². The van der Waals surface area contributed by atoms with Gasteiger partial charge in [0.2, 0.25) is 0 Å². The molecule has 0 unspecified atom stereocenters. The molecule has 0 N–H and O–H groups in total. The average molecular weight is 292 g/mol. The molecule has 20 heavy (non-hydrogen) atoms. The highest BCUT2D eigenvalue weighted by Crippen LogP contribution is 2.32. The number of fused-ring (bicyclic) bond motifs is 1. The zero-order valence-corrected chi connectivity index (χ0v) is 10.9. The maximum atomic E-state index is 13.6. The fourth-order valence-electron chi connectivity index (χ4n) is 1.87. The van der Waals surface area contributed by atoms with Gasteiger partial charge >= 0.3 is 0 Å². The molecule has 1 heterocycles. The van der Waals surface area contributed by atoms with Crippen LogP contribution in [-0.4, -0.2) is 4.98 Å². The van der Waals surface area contributed by atoms with Gasteiger partial charge in [-0.2, -0.15) is 0 Å². The lowest BCUT2D eigenvalue weighted by Crippen LogP contribution is -1.93. The summed E-state index contributed by atoms with van der Waals surface area (Å²) in [7, 11) is 0. The molecule has 0 aliphatic rings. The number of para-hydroxylation sites is 1. The van der Waals surface area contributed by atoms with Gasteiger partial charge in [0, 0.05) is 16.6 Å². The van der Waals surface area contributed by atoms with Crippen LogP contribution in [0.1, 0.15) is 0 Å². The van der Waals surface area contributed by atoms with Crippen molar-refractivity contribution in [2.24, 2.45) is 0 Å². The minimum Gasteiger partial charge on any atom is -0.450 e. The number of rotatable bonds is 2. The molecular formula is C15H8ClF2NO. The summed E-state index contributed by atoms with van der Waals surface area (Å²) in [5, 5.41) is 1.15. The van der Waals surface area contributed by atoms with Crippen LogP contribution in [0.5, 0.6) is 11.5 Å². The standard InChI is InChI=1S/C15H8ClF2NO/c16-9-4-5-10-13(8-9)19-7-6-14(10)20-15-11(17)2-1-3-12(15)18/h1-8H. The molecule has 3 rings (SSSR count). The Morgan fingerprint density at radius 1 is 1.00 bits per heavy atom. The molecule has 2 nitrogen and oxygen atoms in total. The summed E-state index contributed by atoms with van der Waals surface area (Å²) in [5.74, 6) is -1.64. The summed E-state index contributed by atoms with van der Waals surface area (Å²) in [6.45, 7) is 0. The lowest BCUT2D eigenvalue weighted by molar-refractivity contribution is 0.410. The number of aromatic nitrogens is 1. The molecule has 0 fully saturated rings. The molecule has 3 aromatic rings. The fourth-order valence-corrected chi connectivity index (χ4v) is 2.04. The lowest BCUT2D eigenvalue weighted by Gasteiger charge is -2.10. The van der Waals surface area contributed by atoms with E-state index in [9.17, 15) is 8.78 Å². The predicted molar refractivity (Wildman–Crippen MR) is 73.2 cm³/mol. The average Bonchev–Trinajstić information content (AvgIpc) is 2.42. The minimum absolute atomic E-state index is 0.315. The largest absolute Gasteiger partial charge is 0.450 e. The summed E-state index contributed by atoms with van der Waals surface area (Å²) in [5.41, 5.74) is 0.590. The van der Waals surface area contributed by atoms with Crippen molar-refractivity contribution in [2.45, 2.75) is 0 Å². The van der Waals surface area contributed by atoms with Gasteiger partial charge in [0.1, 0.15) is 5.75 Å². The van der Waals surface area contributed by atoms with Gasteiger partial charge in [0.05, 0.1) is 5.52 Å². The van der Waals surface area contributed by atoms with Crippen LogP contribution in [0.15, 0.2) is 48.7 Å². The van der Waals surface area contributed by atoms with Gasteiger partial charge < -0.3 is 4.74 Å². The smallest absolute Gasteiger partial charge is 0.198 e. The Morgan fingerprint density at radius 2 is 1.75 bits per heavy atom. The maximum Gasteiger partial charge on any atom is 0.198 e. The summed E-state index contributed by atoms with van der Waals surface area (Å²) in [6.07, 6.45) is 1.49. The number of hydrogen-bond acceptors (Lipinski definition) is 2. The number of benzene rings is 2. The van der Waals surface area contributed by atoms with E-state index in [2.05, 4.69) is 4.98 Å². The van der Waals surface area contributed by atoms with Crippen molar-refractivity contribution in [3.8, 4) is 11.5 Å². The molecule has 0 bridgehead atoms. The van der Waals surface area contributed by atoms with E-state index in [1.54, 1.807) is 24.3 Å². The van der Waals surface area contributed by atoms with Gasteiger partial charge in [-0.05, 0) is 36.4 Å². The normalized spacial score (nSPS) is 10.8. The molecule has 0 amide bonds. The Morgan fingerprint density at radius 3 is 2.50 bits per heavy atom. The number of nitrogens with zero attached hydrogens (tertiary/aromatic N) is 1. The van der Waals surface area contributed by atoms with E-state index in [-0.39, 0.29) is 0 Å². The van der Waals surface area contributed by atoms with Gasteiger partial charge in [-0.3, -0.25) is 4.98 Å². The molecule has 0 aliphatic heterocycles. The Hall–Kier alpha value is -2.20. The van der Waals surface area contributed by atoms with E-state index >= 15 is 0 Å². The molecule has 0 saturated heterocycles. The summed E-state index contributed by atoms with van der Waals surface area (Å²) in [6, 6.07) is 10.1. The van der Waals surface area contributed by atoms with Crippen LogP contribution < -0.4 is 4.74 Å². The Balaban J connectivity index is 2.11. The second kappa shape index (κ2) is 5.06. The third kappa shape index (κ3) is 2.30. The molecule has 0 radical (unpaired) electrons. The van der Waals surface area contributed by atoms with Gasteiger partial charge in [0.15, 0.2) is 17.4 Å². The number of halogens is 3. The SMILES string of the molecule is Fc1cccc(F)c1Oc1ccnc2cc(Cl)ccc12. The third-order valence-electron chi connectivity index (χ3n) is 2.80.